The largest absolute Gasteiger partial charge is 0.439 e. The molecular weight excluding hydrogens is 532 g/mol. The van der Waals surface area contributed by atoms with E-state index in [9.17, 15) is 4.79 Å². The molecule has 0 radical (unpaired) electrons. The van der Waals surface area contributed by atoms with Crippen LogP contribution in [0.25, 0.3) is 34.1 Å². The van der Waals surface area contributed by atoms with Crippen molar-refractivity contribution in [3.63, 3.8) is 0 Å². The van der Waals surface area contributed by atoms with Crippen molar-refractivity contribution >= 4 is 28.7 Å². The Morgan fingerprint density at radius 1 is 1.12 bits per heavy atom. The molecule has 0 aromatic carbocycles. The summed E-state index contributed by atoms with van der Waals surface area (Å²) in [5.41, 5.74) is 3.63. The van der Waals surface area contributed by atoms with E-state index in [1.807, 2.05) is 13.0 Å². The number of anilines is 1. The van der Waals surface area contributed by atoms with E-state index in [4.69, 9.17) is 35.8 Å². The number of pyridine rings is 1. The summed E-state index contributed by atoms with van der Waals surface area (Å²) in [5, 5.41) is 4.37. The van der Waals surface area contributed by atoms with Gasteiger partial charge in [0.25, 0.3) is 0 Å². The number of fused-ring (bicyclic) bond motifs is 2. The number of hydrogen-bond acceptors (Lipinski definition) is 9. The number of nitrogens with zero attached hydrogens (tertiary/aromatic N) is 7. The van der Waals surface area contributed by atoms with Crippen molar-refractivity contribution in [2.75, 3.05) is 18.1 Å². The van der Waals surface area contributed by atoms with E-state index in [1.165, 1.54) is 25.7 Å². The van der Waals surface area contributed by atoms with Gasteiger partial charge in [-0.25, -0.2) is 14.8 Å². The fraction of sp³-hybridized carbons (Fsp3) is 0.571. The number of H-pyrrole nitrogens is 1. The Labute approximate surface area is 236 Å². The van der Waals surface area contributed by atoms with Crippen molar-refractivity contribution in [1.29, 1.82) is 0 Å². The molecule has 2 atom stereocenters. The highest BCUT2D eigenvalue weighted by atomic mass is 35.5. The van der Waals surface area contributed by atoms with Gasteiger partial charge in [0.05, 0.1) is 23.8 Å². The number of morpholine rings is 1. The summed E-state index contributed by atoms with van der Waals surface area (Å²) in [6.07, 6.45) is 9.99. The molecule has 3 aliphatic rings. The van der Waals surface area contributed by atoms with E-state index in [0.29, 0.717) is 28.9 Å². The minimum atomic E-state index is -0.667. The first-order chi connectivity index (χ1) is 19.4. The number of hydrogen-bond donors (Lipinski definition) is 1. The molecule has 1 aliphatic heterocycles. The molecule has 11 nitrogen and oxygen atoms in total. The molecule has 5 heterocycles. The van der Waals surface area contributed by atoms with E-state index < -0.39 is 5.76 Å². The van der Waals surface area contributed by atoms with Crippen LogP contribution in [0.5, 0.6) is 0 Å². The van der Waals surface area contributed by atoms with Crippen LogP contribution in [0, 0.1) is 18.8 Å². The number of aryl methyl sites for hydroxylation is 1. The number of aromatic nitrogens is 7. The maximum atomic E-state index is 11.8. The van der Waals surface area contributed by atoms with Gasteiger partial charge in [0.15, 0.2) is 5.65 Å². The predicted octanol–water partition coefficient (Wildman–Crippen LogP) is 4.78. The third-order valence-corrected chi connectivity index (χ3v) is 9.07. The van der Waals surface area contributed by atoms with Gasteiger partial charge in [-0.15, -0.1) is 0 Å². The minimum Gasteiger partial charge on any atom is -0.374 e. The van der Waals surface area contributed by atoms with Gasteiger partial charge in [-0.05, 0) is 56.9 Å². The Morgan fingerprint density at radius 3 is 2.77 bits per heavy atom. The first-order valence-corrected chi connectivity index (χ1v) is 14.7. The van der Waals surface area contributed by atoms with E-state index in [-0.39, 0.29) is 23.8 Å². The number of ether oxygens (including phenoxy) is 1. The Kier molecular flexibility index (Phi) is 6.58. The van der Waals surface area contributed by atoms with Crippen LogP contribution in [0.4, 0.5) is 5.95 Å². The lowest BCUT2D eigenvalue weighted by Gasteiger charge is -2.39. The van der Waals surface area contributed by atoms with Crippen molar-refractivity contribution in [3.05, 3.63) is 33.5 Å². The SMILES string of the molecule is Cc1ncc(Cl)cc1-c1nc(-c2noc(=O)[nH]2)nc2nc(N3CCOC4CCCC43)n(CC3CCC(C)CC3)c12. The van der Waals surface area contributed by atoms with Crippen LogP contribution in [0.15, 0.2) is 21.6 Å². The van der Waals surface area contributed by atoms with E-state index in [1.54, 1.807) is 6.20 Å². The molecular formula is C28H33ClN8O3. The second-order valence-electron chi connectivity index (χ2n) is 11.5. The molecule has 7 rings (SSSR count). The van der Waals surface area contributed by atoms with Crippen molar-refractivity contribution in [2.24, 2.45) is 11.8 Å². The second-order valence-corrected chi connectivity index (χ2v) is 12.0. The molecule has 12 heteroatoms. The molecule has 0 amide bonds. The molecule has 1 N–H and O–H groups in total. The zero-order chi connectivity index (χ0) is 27.4. The van der Waals surface area contributed by atoms with Gasteiger partial charge >= 0.3 is 5.76 Å². The topological polar surface area (TPSA) is 128 Å². The monoisotopic (exact) mass is 564 g/mol. The highest BCUT2D eigenvalue weighted by molar-refractivity contribution is 6.30. The molecule has 2 unspecified atom stereocenters. The first kappa shape index (κ1) is 25.6. The first-order valence-electron chi connectivity index (χ1n) is 14.3. The van der Waals surface area contributed by atoms with Crippen LogP contribution in [0.3, 0.4) is 0 Å². The lowest BCUT2D eigenvalue weighted by atomic mass is 9.83. The lowest BCUT2D eigenvalue weighted by Crippen LogP contribution is -2.49. The summed E-state index contributed by atoms with van der Waals surface area (Å²) in [5.74, 6) is 1.92. The molecule has 1 saturated heterocycles. The number of halogens is 1. The van der Waals surface area contributed by atoms with E-state index >= 15 is 0 Å². The molecule has 40 heavy (non-hydrogen) atoms. The highest BCUT2D eigenvalue weighted by Gasteiger charge is 2.39. The quantitative estimate of drug-likeness (QED) is 0.364. The van der Waals surface area contributed by atoms with Gasteiger partial charge in [-0.3, -0.25) is 14.5 Å². The highest BCUT2D eigenvalue weighted by Crippen LogP contribution is 2.39. The van der Waals surface area contributed by atoms with Gasteiger partial charge < -0.3 is 14.2 Å². The summed E-state index contributed by atoms with van der Waals surface area (Å²) < 4.78 is 13.3. The van der Waals surface area contributed by atoms with Crippen LogP contribution < -0.4 is 10.7 Å². The summed E-state index contributed by atoms with van der Waals surface area (Å²) in [4.78, 5) is 36.3. The van der Waals surface area contributed by atoms with E-state index in [2.05, 4.69) is 31.5 Å². The maximum Gasteiger partial charge on any atom is 0.439 e. The van der Waals surface area contributed by atoms with E-state index in [0.717, 1.165) is 61.0 Å². The van der Waals surface area contributed by atoms with Crippen LogP contribution >= 0.6 is 11.6 Å². The molecule has 210 valence electrons. The van der Waals surface area contributed by atoms with Crippen LogP contribution in [-0.4, -0.2) is 59.9 Å². The van der Waals surface area contributed by atoms with Crippen molar-refractivity contribution in [2.45, 2.75) is 77.5 Å². The number of rotatable bonds is 5. The summed E-state index contributed by atoms with van der Waals surface area (Å²) in [7, 11) is 0. The van der Waals surface area contributed by atoms with Gasteiger partial charge in [0, 0.05) is 30.5 Å². The Balaban J connectivity index is 1.46. The average Bonchev–Trinajstić information content (AvgIpc) is 3.69. The number of imidazole rings is 1. The summed E-state index contributed by atoms with van der Waals surface area (Å²) in [6, 6.07) is 2.16. The third kappa shape index (κ3) is 4.58. The van der Waals surface area contributed by atoms with Crippen LogP contribution in [0.2, 0.25) is 5.02 Å². The van der Waals surface area contributed by atoms with Crippen molar-refractivity contribution < 1.29 is 9.26 Å². The zero-order valence-corrected chi connectivity index (χ0v) is 23.5. The molecule has 0 bridgehead atoms. The summed E-state index contributed by atoms with van der Waals surface area (Å²) in [6.45, 7) is 6.56. The Morgan fingerprint density at radius 2 is 1.98 bits per heavy atom. The molecule has 4 aromatic rings. The van der Waals surface area contributed by atoms with Gasteiger partial charge in [-0.2, -0.15) is 4.98 Å². The fourth-order valence-electron chi connectivity index (χ4n) is 6.73. The third-order valence-electron chi connectivity index (χ3n) is 8.86. The lowest BCUT2D eigenvalue weighted by molar-refractivity contribution is 0.0247. The molecule has 3 fully saturated rings. The minimum absolute atomic E-state index is 0.153. The number of nitrogens with one attached hydrogen (secondary N) is 1. The van der Waals surface area contributed by atoms with Crippen molar-refractivity contribution in [3.8, 4) is 22.9 Å². The fourth-order valence-corrected chi connectivity index (χ4v) is 6.89. The van der Waals surface area contributed by atoms with Gasteiger partial charge in [0.2, 0.25) is 17.6 Å². The average molecular weight is 565 g/mol. The smallest absolute Gasteiger partial charge is 0.374 e. The second kappa shape index (κ2) is 10.3. The zero-order valence-electron chi connectivity index (χ0n) is 22.8. The normalized spacial score (nSPS) is 25.0. The molecule has 2 aliphatic carbocycles. The van der Waals surface area contributed by atoms with Crippen LogP contribution in [-0.2, 0) is 11.3 Å². The van der Waals surface area contributed by atoms with Crippen molar-refractivity contribution in [1.82, 2.24) is 34.6 Å². The Hall–Kier alpha value is -3.31. The molecule has 0 spiro atoms. The number of aromatic amines is 1. The Bertz CT molecular complexity index is 1600. The molecule has 2 saturated carbocycles. The van der Waals surface area contributed by atoms with Crippen LogP contribution in [0.1, 0.15) is 57.6 Å². The summed E-state index contributed by atoms with van der Waals surface area (Å²) >= 11 is 6.45. The van der Waals surface area contributed by atoms with Gasteiger partial charge in [-0.1, -0.05) is 36.5 Å². The standard InChI is InChI=1S/C28H33ClN8O3/c1-15-6-8-17(9-7-15)14-37-23-22(19-12-18(29)13-30-16(19)2)31-25(26-34-28(38)40-35-26)32-24(23)33-27(37)36-10-11-39-21-5-3-4-20(21)36/h12-13,15,17,20-21H,3-11,14H2,1-2H3,(H,34,35,38). The predicted molar refractivity (Wildman–Crippen MR) is 150 cm³/mol. The molecule has 4 aromatic heterocycles. The maximum absolute atomic E-state index is 11.8. The van der Waals surface area contributed by atoms with Gasteiger partial charge in [0.1, 0.15) is 11.2 Å².